The molecule has 1 unspecified atom stereocenters. The van der Waals surface area contributed by atoms with Crippen molar-refractivity contribution in [1.82, 2.24) is 5.32 Å². The molecule has 0 bridgehead atoms. The zero-order valence-corrected chi connectivity index (χ0v) is 11.8. The topological polar surface area (TPSA) is 38.3 Å². The van der Waals surface area contributed by atoms with Crippen LogP contribution in [0.1, 0.15) is 40.5 Å². The average molecular weight is 323 g/mol. The number of carbonyl (C=O) groups excluding carboxylic acids is 1. The van der Waals surface area contributed by atoms with E-state index in [1.807, 2.05) is 20.8 Å². The van der Waals surface area contributed by atoms with E-state index in [1.54, 1.807) is 0 Å². The third kappa shape index (κ3) is 4.01. The van der Waals surface area contributed by atoms with Gasteiger partial charge >= 0.3 is 6.09 Å². The summed E-state index contributed by atoms with van der Waals surface area (Å²) in [6, 6.07) is 0.159. The van der Waals surface area contributed by atoms with Crippen molar-refractivity contribution in [2.75, 3.05) is 0 Å². The number of allylic oxidation sites excluding steroid dienone is 1. The lowest BCUT2D eigenvalue weighted by Crippen LogP contribution is -2.38. The minimum atomic E-state index is -0.423. The molecule has 0 aromatic carbocycles. The largest absolute Gasteiger partial charge is 0.444 e. The molecule has 1 N–H and O–H groups in total. The number of ether oxygens (including phenoxy) is 1. The summed E-state index contributed by atoms with van der Waals surface area (Å²) in [4.78, 5) is 11.5. The molecular weight excluding hydrogens is 305 g/mol. The molecule has 1 aliphatic rings. The Hall–Kier alpha value is -0.260. The van der Waals surface area contributed by atoms with Gasteiger partial charge in [0.15, 0.2) is 0 Å². The van der Waals surface area contributed by atoms with Crippen LogP contribution in [-0.4, -0.2) is 17.7 Å². The van der Waals surface area contributed by atoms with Gasteiger partial charge in [-0.3, -0.25) is 0 Å². The average Bonchev–Trinajstić information content (AvgIpc) is 2.32. The molecule has 1 rings (SSSR count). The van der Waals surface area contributed by atoms with Gasteiger partial charge < -0.3 is 10.1 Å². The van der Waals surface area contributed by atoms with Gasteiger partial charge in [-0.25, -0.2) is 4.79 Å². The number of alkyl carbamates (subject to hydrolysis) is 1. The van der Waals surface area contributed by atoms with Crippen molar-refractivity contribution in [1.29, 1.82) is 0 Å². The van der Waals surface area contributed by atoms with Gasteiger partial charge in [-0.15, -0.1) is 0 Å². The SMILES string of the molecule is CC1=C(I)CCC1NC(=O)OC(C)(C)C. The second-order valence-corrected chi connectivity index (χ2v) is 6.13. The number of rotatable bonds is 1. The summed E-state index contributed by atoms with van der Waals surface area (Å²) in [5.41, 5.74) is 0.842. The van der Waals surface area contributed by atoms with Crippen molar-refractivity contribution < 1.29 is 9.53 Å². The third-order valence-electron chi connectivity index (χ3n) is 2.29. The Kier molecular flexibility index (Phi) is 4.03. The third-order valence-corrected chi connectivity index (χ3v) is 3.68. The monoisotopic (exact) mass is 323 g/mol. The molecule has 0 saturated heterocycles. The molecule has 15 heavy (non-hydrogen) atoms. The molecule has 4 heteroatoms. The molecule has 0 saturated carbocycles. The maximum atomic E-state index is 11.5. The number of halogens is 1. The predicted octanol–water partition coefficient (Wildman–Crippen LogP) is 3.38. The number of hydrogen-bond donors (Lipinski definition) is 1. The van der Waals surface area contributed by atoms with Crippen molar-refractivity contribution in [3.8, 4) is 0 Å². The van der Waals surface area contributed by atoms with Gasteiger partial charge in [0.25, 0.3) is 0 Å². The Balaban J connectivity index is 2.47. The Morgan fingerprint density at radius 3 is 2.53 bits per heavy atom. The minimum Gasteiger partial charge on any atom is -0.444 e. The highest BCUT2D eigenvalue weighted by molar-refractivity contribution is 14.1. The van der Waals surface area contributed by atoms with Crippen LogP contribution in [0.3, 0.4) is 0 Å². The Morgan fingerprint density at radius 2 is 2.13 bits per heavy atom. The molecule has 86 valence electrons. The van der Waals surface area contributed by atoms with Crippen LogP contribution in [0.5, 0.6) is 0 Å². The summed E-state index contributed by atoms with van der Waals surface area (Å²) < 4.78 is 6.56. The standard InChI is InChI=1S/C11H18INO2/c1-7-8(12)5-6-9(7)13-10(14)15-11(2,3)4/h9H,5-6H2,1-4H3,(H,13,14). The van der Waals surface area contributed by atoms with Crippen LogP contribution < -0.4 is 5.32 Å². The quantitative estimate of drug-likeness (QED) is 0.751. The van der Waals surface area contributed by atoms with E-state index in [4.69, 9.17) is 4.74 Å². The zero-order chi connectivity index (χ0) is 11.6. The maximum absolute atomic E-state index is 11.5. The molecule has 0 spiro atoms. The number of amides is 1. The summed E-state index contributed by atoms with van der Waals surface area (Å²) >= 11 is 2.34. The van der Waals surface area contributed by atoms with Gasteiger partial charge in [0.1, 0.15) is 5.60 Å². The van der Waals surface area contributed by atoms with Crippen molar-refractivity contribution in [3.05, 3.63) is 9.15 Å². The molecule has 0 radical (unpaired) electrons. The summed E-state index contributed by atoms with van der Waals surface area (Å²) in [5.74, 6) is 0. The Labute approximate surface area is 105 Å². The first-order valence-corrected chi connectivity index (χ1v) is 6.22. The fraction of sp³-hybridized carbons (Fsp3) is 0.727. The lowest BCUT2D eigenvalue weighted by molar-refractivity contribution is 0.0512. The summed E-state index contributed by atoms with van der Waals surface area (Å²) in [7, 11) is 0. The fourth-order valence-corrected chi connectivity index (χ4v) is 2.19. The summed E-state index contributed by atoms with van der Waals surface area (Å²) in [5, 5.41) is 2.89. The van der Waals surface area contributed by atoms with E-state index in [-0.39, 0.29) is 12.1 Å². The normalized spacial score (nSPS) is 21.8. The first kappa shape index (κ1) is 12.8. The second-order valence-electron chi connectivity index (χ2n) is 4.83. The van der Waals surface area contributed by atoms with Gasteiger partial charge in [0, 0.05) is 0 Å². The molecule has 0 heterocycles. The second kappa shape index (κ2) is 4.72. The van der Waals surface area contributed by atoms with E-state index >= 15 is 0 Å². The highest BCUT2D eigenvalue weighted by atomic mass is 127. The molecule has 0 aliphatic heterocycles. The van der Waals surface area contributed by atoms with E-state index in [1.165, 1.54) is 9.15 Å². The number of nitrogens with one attached hydrogen (secondary N) is 1. The van der Waals surface area contributed by atoms with Crippen molar-refractivity contribution in [3.63, 3.8) is 0 Å². The van der Waals surface area contributed by atoms with Crippen molar-refractivity contribution in [2.24, 2.45) is 0 Å². The first-order chi connectivity index (χ1) is 6.79. The smallest absolute Gasteiger partial charge is 0.408 e. The van der Waals surface area contributed by atoms with Gasteiger partial charge in [-0.1, -0.05) is 0 Å². The van der Waals surface area contributed by atoms with Crippen LogP contribution in [-0.2, 0) is 4.74 Å². The number of carbonyl (C=O) groups is 1. The molecule has 0 aromatic rings. The summed E-state index contributed by atoms with van der Waals surface area (Å²) in [6.07, 6.45) is 1.73. The Morgan fingerprint density at radius 1 is 1.53 bits per heavy atom. The molecule has 1 amide bonds. The fourth-order valence-electron chi connectivity index (χ4n) is 1.50. The maximum Gasteiger partial charge on any atom is 0.408 e. The van der Waals surface area contributed by atoms with Crippen LogP contribution in [0.25, 0.3) is 0 Å². The van der Waals surface area contributed by atoms with E-state index in [0.29, 0.717) is 0 Å². The highest BCUT2D eigenvalue weighted by Crippen LogP contribution is 2.30. The summed E-state index contributed by atoms with van der Waals surface area (Å²) in [6.45, 7) is 7.67. The molecule has 1 atom stereocenters. The Bertz CT molecular complexity index is 291. The van der Waals surface area contributed by atoms with E-state index in [0.717, 1.165) is 12.8 Å². The van der Waals surface area contributed by atoms with Crippen molar-refractivity contribution in [2.45, 2.75) is 52.2 Å². The van der Waals surface area contributed by atoms with Gasteiger partial charge in [0.2, 0.25) is 0 Å². The van der Waals surface area contributed by atoms with Crippen LogP contribution in [0.4, 0.5) is 4.79 Å². The van der Waals surface area contributed by atoms with Crippen LogP contribution >= 0.6 is 22.6 Å². The first-order valence-electron chi connectivity index (χ1n) is 5.14. The molecule has 0 aromatic heterocycles. The molecule has 3 nitrogen and oxygen atoms in total. The van der Waals surface area contributed by atoms with Crippen LogP contribution in [0.2, 0.25) is 0 Å². The van der Waals surface area contributed by atoms with Crippen LogP contribution in [0, 0.1) is 0 Å². The number of hydrogen-bond acceptors (Lipinski definition) is 2. The minimum absolute atomic E-state index is 0.159. The lowest BCUT2D eigenvalue weighted by Gasteiger charge is -2.22. The van der Waals surface area contributed by atoms with E-state index in [9.17, 15) is 4.79 Å². The molecule has 1 aliphatic carbocycles. The lowest BCUT2D eigenvalue weighted by atomic mass is 10.2. The highest BCUT2D eigenvalue weighted by Gasteiger charge is 2.24. The van der Waals surface area contributed by atoms with E-state index in [2.05, 4.69) is 34.8 Å². The van der Waals surface area contributed by atoms with E-state index < -0.39 is 5.60 Å². The van der Waals surface area contributed by atoms with Crippen molar-refractivity contribution >= 4 is 28.7 Å². The van der Waals surface area contributed by atoms with Gasteiger partial charge in [-0.05, 0) is 72.3 Å². The molecular formula is C11H18INO2. The van der Waals surface area contributed by atoms with Gasteiger partial charge in [0.05, 0.1) is 6.04 Å². The predicted molar refractivity (Wildman–Crippen MR) is 69.1 cm³/mol. The van der Waals surface area contributed by atoms with Crippen LogP contribution in [0.15, 0.2) is 9.15 Å². The van der Waals surface area contributed by atoms with Gasteiger partial charge in [-0.2, -0.15) is 0 Å². The zero-order valence-electron chi connectivity index (χ0n) is 9.69. The molecule has 0 fully saturated rings.